The van der Waals surface area contributed by atoms with Crippen molar-refractivity contribution >= 4 is 16.9 Å². The largest absolute Gasteiger partial charge is 0.458 e. The van der Waals surface area contributed by atoms with Crippen LogP contribution in [0.25, 0.3) is 11.0 Å². The second-order valence-electron chi connectivity index (χ2n) is 6.52. The molecule has 0 spiro atoms. The molecular weight excluding hydrogens is 351 g/mol. The Bertz CT molecular complexity index is 1160. The molecule has 1 N–H and O–H groups in total. The van der Waals surface area contributed by atoms with Gasteiger partial charge in [0, 0.05) is 24.0 Å². The van der Waals surface area contributed by atoms with E-state index in [9.17, 15) is 9.18 Å². The van der Waals surface area contributed by atoms with E-state index in [4.69, 9.17) is 8.83 Å². The Morgan fingerprint density at radius 3 is 3.04 bits per heavy atom. The first-order valence-corrected chi connectivity index (χ1v) is 8.54. The van der Waals surface area contributed by atoms with Crippen LogP contribution < -0.4 is 0 Å². The predicted molar refractivity (Wildman–Crippen MR) is 92.6 cm³/mol. The van der Waals surface area contributed by atoms with Crippen molar-refractivity contribution in [1.29, 1.82) is 0 Å². The Balaban J connectivity index is 1.64. The number of amides is 1. The first kappa shape index (κ1) is 15.8. The Morgan fingerprint density at radius 2 is 2.22 bits per heavy atom. The van der Waals surface area contributed by atoms with Gasteiger partial charge in [-0.05, 0) is 31.2 Å². The molecule has 27 heavy (non-hydrogen) atoms. The van der Waals surface area contributed by atoms with Crippen LogP contribution >= 0.6 is 0 Å². The maximum atomic E-state index is 13.6. The van der Waals surface area contributed by atoms with E-state index in [1.165, 1.54) is 18.5 Å². The molecule has 136 valence electrons. The first-order valence-electron chi connectivity index (χ1n) is 8.54. The van der Waals surface area contributed by atoms with Crippen molar-refractivity contribution in [3.05, 3.63) is 71.4 Å². The average Bonchev–Trinajstić information content (AvgIpc) is 3.38. The Morgan fingerprint density at radius 1 is 1.33 bits per heavy atom. The molecule has 1 aliphatic rings. The SMILES string of the molecule is Cc1ncoc1C(=O)N1CCc2[nH]cnc2[C@H]1c1cc2cc(F)ccc2o1. The summed E-state index contributed by atoms with van der Waals surface area (Å²) in [5.41, 5.74) is 2.74. The minimum absolute atomic E-state index is 0.196. The van der Waals surface area contributed by atoms with Gasteiger partial charge in [0.1, 0.15) is 23.2 Å². The quantitative estimate of drug-likeness (QED) is 0.588. The number of halogens is 1. The smallest absolute Gasteiger partial charge is 0.292 e. The maximum Gasteiger partial charge on any atom is 0.292 e. The molecule has 1 amide bonds. The number of aryl methyl sites for hydroxylation is 1. The fourth-order valence-corrected chi connectivity index (χ4v) is 3.59. The number of rotatable bonds is 2. The zero-order valence-corrected chi connectivity index (χ0v) is 14.4. The molecule has 7 nitrogen and oxygen atoms in total. The van der Waals surface area contributed by atoms with E-state index in [0.29, 0.717) is 41.1 Å². The summed E-state index contributed by atoms with van der Waals surface area (Å²) in [4.78, 5) is 26.3. The topological polar surface area (TPSA) is 88.2 Å². The monoisotopic (exact) mass is 366 g/mol. The van der Waals surface area contributed by atoms with E-state index in [1.54, 1.807) is 30.3 Å². The number of carbonyl (C=O) groups is 1. The number of carbonyl (C=O) groups excluding carboxylic acids is 1. The Kier molecular flexibility index (Phi) is 3.40. The van der Waals surface area contributed by atoms with Crippen molar-refractivity contribution in [3.63, 3.8) is 0 Å². The summed E-state index contributed by atoms with van der Waals surface area (Å²) in [5, 5.41) is 0.635. The summed E-state index contributed by atoms with van der Waals surface area (Å²) >= 11 is 0. The van der Waals surface area contributed by atoms with E-state index in [-0.39, 0.29) is 17.5 Å². The standard InChI is InChI=1S/C19H15FN4O3/c1-10-18(26-9-23-10)19(25)24-5-4-13-16(22-8-21-13)17(24)15-7-11-6-12(20)2-3-14(11)27-15/h2-3,6-9,17H,4-5H2,1H3,(H,21,22)/t17-/m1/s1. The third kappa shape index (κ3) is 2.44. The lowest BCUT2D eigenvalue weighted by Gasteiger charge is -2.33. The molecular formula is C19H15FN4O3. The van der Waals surface area contributed by atoms with Gasteiger partial charge in [-0.3, -0.25) is 4.79 Å². The van der Waals surface area contributed by atoms with E-state index in [0.717, 1.165) is 5.69 Å². The number of oxazole rings is 1. The highest BCUT2D eigenvalue weighted by molar-refractivity contribution is 5.93. The normalized spacial score (nSPS) is 16.7. The average molecular weight is 366 g/mol. The van der Waals surface area contributed by atoms with Crippen molar-refractivity contribution in [2.75, 3.05) is 6.54 Å². The molecule has 1 aliphatic heterocycles. The summed E-state index contributed by atoms with van der Waals surface area (Å²) in [6.45, 7) is 2.18. The van der Waals surface area contributed by atoms with Crippen LogP contribution in [0.2, 0.25) is 0 Å². The van der Waals surface area contributed by atoms with Gasteiger partial charge >= 0.3 is 0 Å². The van der Waals surface area contributed by atoms with Crippen LogP contribution in [0.3, 0.4) is 0 Å². The van der Waals surface area contributed by atoms with Gasteiger partial charge in [0.25, 0.3) is 5.91 Å². The molecule has 0 unspecified atom stereocenters. The van der Waals surface area contributed by atoms with Crippen molar-refractivity contribution in [3.8, 4) is 0 Å². The lowest BCUT2D eigenvalue weighted by atomic mass is 9.99. The molecule has 1 aromatic carbocycles. The first-order chi connectivity index (χ1) is 13.1. The number of benzene rings is 1. The second-order valence-corrected chi connectivity index (χ2v) is 6.52. The number of nitrogens with zero attached hydrogens (tertiary/aromatic N) is 3. The highest BCUT2D eigenvalue weighted by Crippen LogP contribution is 2.37. The van der Waals surface area contributed by atoms with Gasteiger partial charge in [0.15, 0.2) is 6.39 Å². The highest BCUT2D eigenvalue weighted by atomic mass is 19.1. The van der Waals surface area contributed by atoms with E-state index in [1.807, 2.05) is 0 Å². The zero-order chi connectivity index (χ0) is 18.5. The lowest BCUT2D eigenvalue weighted by molar-refractivity contribution is 0.0639. The third-order valence-corrected chi connectivity index (χ3v) is 4.89. The van der Waals surface area contributed by atoms with Gasteiger partial charge in [-0.25, -0.2) is 14.4 Å². The number of hydrogen-bond donors (Lipinski definition) is 1. The number of aromatic amines is 1. The molecule has 3 aromatic heterocycles. The van der Waals surface area contributed by atoms with Gasteiger partial charge in [-0.1, -0.05) is 0 Å². The Hall–Kier alpha value is -3.42. The number of aromatic nitrogens is 3. The fourth-order valence-electron chi connectivity index (χ4n) is 3.59. The zero-order valence-electron chi connectivity index (χ0n) is 14.4. The van der Waals surface area contributed by atoms with Crippen LogP contribution in [-0.4, -0.2) is 32.3 Å². The highest BCUT2D eigenvalue weighted by Gasteiger charge is 2.38. The predicted octanol–water partition coefficient (Wildman–Crippen LogP) is 3.38. The van der Waals surface area contributed by atoms with Crippen LogP contribution in [0.1, 0.15) is 39.4 Å². The molecule has 4 heterocycles. The lowest BCUT2D eigenvalue weighted by Crippen LogP contribution is -2.40. The number of H-pyrrole nitrogens is 1. The molecule has 8 heteroatoms. The molecule has 0 radical (unpaired) electrons. The van der Waals surface area contributed by atoms with E-state index < -0.39 is 6.04 Å². The van der Waals surface area contributed by atoms with Gasteiger partial charge in [-0.15, -0.1) is 0 Å². The van der Waals surface area contributed by atoms with E-state index in [2.05, 4.69) is 15.0 Å². The summed E-state index contributed by atoms with van der Waals surface area (Å²) in [6.07, 6.45) is 3.50. The molecule has 0 saturated heterocycles. The summed E-state index contributed by atoms with van der Waals surface area (Å²) in [6, 6.07) is 5.54. The molecule has 0 fully saturated rings. The van der Waals surface area contributed by atoms with Crippen LogP contribution in [0.5, 0.6) is 0 Å². The van der Waals surface area contributed by atoms with Crippen molar-refractivity contribution in [2.24, 2.45) is 0 Å². The molecule has 4 aromatic rings. The van der Waals surface area contributed by atoms with Crippen molar-refractivity contribution < 1.29 is 18.0 Å². The number of hydrogen-bond acceptors (Lipinski definition) is 5. The molecule has 0 saturated carbocycles. The third-order valence-electron chi connectivity index (χ3n) is 4.89. The minimum atomic E-state index is -0.535. The van der Waals surface area contributed by atoms with Gasteiger partial charge in [-0.2, -0.15) is 0 Å². The summed E-state index contributed by atoms with van der Waals surface area (Å²) < 4.78 is 24.8. The van der Waals surface area contributed by atoms with Gasteiger partial charge in [0.2, 0.25) is 5.76 Å². The number of nitrogens with one attached hydrogen (secondary N) is 1. The van der Waals surface area contributed by atoms with Crippen LogP contribution in [0, 0.1) is 12.7 Å². The van der Waals surface area contributed by atoms with Crippen LogP contribution in [0.15, 0.2) is 45.8 Å². The summed E-state index contributed by atoms with van der Waals surface area (Å²) in [5.74, 6) is 0.0924. The Labute approximate surface area is 152 Å². The second kappa shape index (κ2) is 5.80. The fraction of sp³-hybridized carbons (Fsp3) is 0.211. The van der Waals surface area contributed by atoms with Gasteiger partial charge in [0.05, 0.1) is 17.7 Å². The number of fused-ring (bicyclic) bond motifs is 2. The molecule has 1 atom stereocenters. The summed E-state index contributed by atoms with van der Waals surface area (Å²) in [7, 11) is 0. The van der Waals surface area contributed by atoms with Crippen LogP contribution in [0.4, 0.5) is 4.39 Å². The molecule has 0 bridgehead atoms. The van der Waals surface area contributed by atoms with E-state index >= 15 is 0 Å². The molecule has 5 rings (SSSR count). The molecule has 0 aliphatic carbocycles. The van der Waals surface area contributed by atoms with Crippen molar-refractivity contribution in [1.82, 2.24) is 19.9 Å². The van der Waals surface area contributed by atoms with Gasteiger partial charge < -0.3 is 18.7 Å². The van der Waals surface area contributed by atoms with Crippen molar-refractivity contribution in [2.45, 2.75) is 19.4 Å². The number of imidazole rings is 1. The number of furan rings is 1. The maximum absolute atomic E-state index is 13.6. The van der Waals surface area contributed by atoms with Crippen LogP contribution in [-0.2, 0) is 6.42 Å². The minimum Gasteiger partial charge on any atom is -0.458 e.